The molecule has 0 amide bonds. The highest BCUT2D eigenvalue weighted by Crippen LogP contribution is 2.58. The molecule has 3 aliphatic rings. The third kappa shape index (κ3) is 3.38. The third-order valence-electron chi connectivity index (χ3n) is 11.3. The van der Waals surface area contributed by atoms with Gasteiger partial charge in [-0.3, -0.25) is 0 Å². The van der Waals surface area contributed by atoms with Gasteiger partial charge in [-0.25, -0.2) is 0 Å². The number of hydrogen-bond donors (Lipinski definition) is 0. The fraction of sp³-hybridized carbons (Fsp3) is 0.156. The van der Waals surface area contributed by atoms with Gasteiger partial charge in [0.05, 0.1) is 5.41 Å². The normalized spacial score (nSPS) is 15.2. The van der Waals surface area contributed by atoms with Crippen LogP contribution in [-0.2, 0) is 31.1 Å². The van der Waals surface area contributed by atoms with Gasteiger partial charge in [-0.2, -0.15) is 0 Å². The van der Waals surface area contributed by atoms with E-state index in [-0.39, 0.29) is 5.41 Å². The Kier molecular flexibility index (Phi) is 5.11. The lowest BCUT2D eigenvalue weighted by molar-refractivity contribution is 0.739. The van der Waals surface area contributed by atoms with Crippen molar-refractivity contribution in [3.63, 3.8) is 0 Å². The van der Waals surface area contributed by atoms with Crippen LogP contribution in [0.1, 0.15) is 55.6 Å². The smallest absolute Gasteiger partial charge is 0.0616 e. The van der Waals surface area contributed by atoms with Crippen molar-refractivity contribution in [1.82, 2.24) is 0 Å². The number of aryl methyl sites for hydroxylation is 6. The summed E-state index contributed by atoms with van der Waals surface area (Å²) in [5, 5.41) is 5.25. The summed E-state index contributed by atoms with van der Waals surface area (Å²) in [5.74, 6) is 0. The summed E-state index contributed by atoms with van der Waals surface area (Å²) in [7, 11) is 0. The Morgan fingerprint density at radius 3 is 1.71 bits per heavy atom. The molecular weight excluding hydrogens is 540 g/mol. The quantitative estimate of drug-likeness (QED) is 0.184. The van der Waals surface area contributed by atoms with E-state index in [0.717, 1.165) is 0 Å². The molecule has 0 heteroatoms. The first-order chi connectivity index (χ1) is 22.1. The van der Waals surface area contributed by atoms with Gasteiger partial charge in [0.1, 0.15) is 0 Å². The van der Waals surface area contributed by atoms with Crippen LogP contribution >= 0.6 is 0 Å². The molecule has 0 radical (unpaired) electrons. The first-order valence-electron chi connectivity index (χ1n) is 16.5. The van der Waals surface area contributed by atoms with E-state index in [1.54, 1.807) is 0 Å². The predicted octanol–water partition coefficient (Wildman–Crippen LogP) is 10.8. The molecule has 7 aromatic carbocycles. The van der Waals surface area contributed by atoms with Gasteiger partial charge in [0.25, 0.3) is 0 Å². The Labute approximate surface area is 265 Å². The van der Waals surface area contributed by atoms with Gasteiger partial charge in [-0.1, -0.05) is 115 Å². The van der Waals surface area contributed by atoms with Gasteiger partial charge in [0.15, 0.2) is 0 Å². The fourth-order valence-corrected chi connectivity index (χ4v) is 8.80. The Balaban J connectivity index is 1.31. The predicted molar refractivity (Wildman–Crippen MR) is 188 cm³/mol. The van der Waals surface area contributed by atoms with Crippen molar-refractivity contribution in [3.8, 4) is 22.3 Å². The fourth-order valence-electron chi connectivity index (χ4n) is 8.80. The van der Waals surface area contributed by atoms with Crippen LogP contribution in [0.2, 0.25) is 0 Å². The summed E-state index contributed by atoms with van der Waals surface area (Å²) < 4.78 is 0. The Hall–Kier alpha value is -4.94. The molecule has 0 fully saturated rings. The molecule has 0 bridgehead atoms. The standard InChI is InChI=1S/C45H34/c1-27-11-20-39-42-26-40(41-25-33-7-3-4-8-36(33)37-9-5-6-10-38(37)41)28(2)22-44(42)45(43(39)21-27,34-18-16-29-12-14-31(29)23-34)35-19-17-30-13-15-32(30)24-35/h3-11,16-26H,12-15H2,1-2H3. The van der Waals surface area contributed by atoms with E-state index in [9.17, 15) is 0 Å². The molecule has 0 spiro atoms. The summed E-state index contributed by atoms with van der Waals surface area (Å²) in [4.78, 5) is 0. The van der Waals surface area contributed by atoms with Gasteiger partial charge < -0.3 is 0 Å². The molecule has 7 aromatic rings. The van der Waals surface area contributed by atoms with Gasteiger partial charge in [0.2, 0.25) is 0 Å². The average Bonchev–Trinajstić information content (AvgIpc) is 3.30. The zero-order valence-electron chi connectivity index (χ0n) is 25.9. The van der Waals surface area contributed by atoms with Crippen LogP contribution in [-0.4, -0.2) is 0 Å². The molecule has 0 heterocycles. The van der Waals surface area contributed by atoms with Crippen LogP contribution < -0.4 is 0 Å². The second-order valence-corrected chi connectivity index (χ2v) is 13.7. The summed E-state index contributed by atoms with van der Waals surface area (Å²) >= 11 is 0. The molecule has 0 nitrogen and oxygen atoms in total. The van der Waals surface area contributed by atoms with Crippen molar-refractivity contribution in [2.75, 3.05) is 0 Å². The third-order valence-corrected chi connectivity index (χ3v) is 11.3. The Morgan fingerprint density at radius 2 is 1.04 bits per heavy atom. The van der Waals surface area contributed by atoms with Crippen molar-refractivity contribution in [1.29, 1.82) is 0 Å². The monoisotopic (exact) mass is 574 g/mol. The molecule has 0 atom stereocenters. The van der Waals surface area contributed by atoms with E-state index in [1.807, 2.05) is 0 Å². The van der Waals surface area contributed by atoms with Gasteiger partial charge in [-0.05, 0) is 146 Å². The lowest BCUT2D eigenvalue weighted by atomic mass is 9.65. The second-order valence-electron chi connectivity index (χ2n) is 13.7. The van der Waals surface area contributed by atoms with E-state index in [0.29, 0.717) is 0 Å². The minimum absolute atomic E-state index is 0.347. The second kappa shape index (κ2) is 9.05. The number of hydrogen-bond acceptors (Lipinski definition) is 0. The maximum Gasteiger partial charge on any atom is 0.0713 e. The minimum Gasteiger partial charge on any atom is -0.0616 e. The molecular formula is C45H34. The van der Waals surface area contributed by atoms with E-state index in [1.165, 1.54) is 125 Å². The molecule has 0 unspecified atom stereocenters. The van der Waals surface area contributed by atoms with Crippen LogP contribution in [0.4, 0.5) is 0 Å². The Bertz CT molecular complexity index is 2350. The maximum atomic E-state index is 2.54. The molecule has 3 aliphatic carbocycles. The molecule has 0 saturated carbocycles. The molecule has 214 valence electrons. The van der Waals surface area contributed by atoms with Crippen LogP contribution in [0.3, 0.4) is 0 Å². The minimum atomic E-state index is -0.347. The van der Waals surface area contributed by atoms with E-state index in [4.69, 9.17) is 0 Å². The number of benzene rings is 7. The van der Waals surface area contributed by atoms with E-state index < -0.39 is 0 Å². The number of rotatable bonds is 3. The van der Waals surface area contributed by atoms with Crippen molar-refractivity contribution in [2.24, 2.45) is 0 Å². The highest BCUT2D eigenvalue weighted by molar-refractivity contribution is 6.14. The SMILES string of the molecule is Cc1ccc2c(c1)C(c1ccc3c(c1)CC3)(c1ccc3c(c1)CC3)c1cc(C)c(-c3cc4ccccc4c4ccccc34)cc1-2. The van der Waals surface area contributed by atoms with Crippen molar-refractivity contribution in [2.45, 2.75) is 44.9 Å². The lowest BCUT2D eigenvalue weighted by Gasteiger charge is -2.37. The number of fused-ring (bicyclic) bond motifs is 8. The molecule has 45 heavy (non-hydrogen) atoms. The zero-order valence-corrected chi connectivity index (χ0v) is 25.9. The van der Waals surface area contributed by atoms with Crippen LogP contribution in [0.15, 0.2) is 121 Å². The van der Waals surface area contributed by atoms with Gasteiger partial charge >= 0.3 is 0 Å². The summed E-state index contributed by atoms with van der Waals surface area (Å²) in [6, 6.07) is 47.2. The Morgan fingerprint density at radius 1 is 0.422 bits per heavy atom. The lowest BCUT2D eigenvalue weighted by Crippen LogP contribution is -2.30. The average molecular weight is 575 g/mol. The zero-order chi connectivity index (χ0) is 29.9. The highest BCUT2D eigenvalue weighted by atomic mass is 14.5. The van der Waals surface area contributed by atoms with Crippen LogP contribution in [0, 0.1) is 13.8 Å². The first kappa shape index (κ1) is 25.4. The topological polar surface area (TPSA) is 0 Å². The molecule has 0 N–H and O–H groups in total. The summed E-state index contributed by atoms with van der Waals surface area (Å²) in [5.41, 5.74) is 19.4. The van der Waals surface area contributed by atoms with Gasteiger partial charge in [0, 0.05) is 0 Å². The van der Waals surface area contributed by atoms with Crippen LogP contribution in [0.5, 0.6) is 0 Å². The van der Waals surface area contributed by atoms with Crippen molar-refractivity contribution >= 4 is 21.5 Å². The van der Waals surface area contributed by atoms with Gasteiger partial charge in [-0.15, -0.1) is 0 Å². The molecule has 0 aromatic heterocycles. The highest BCUT2D eigenvalue weighted by Gasteiger charge is 2.47. The van der Waals surface area contributed by atoms with E-state index >= 15 is 0 Å². The van der Waals surface area contributed by atoms with Crippen LogP contribution in [0.25, 0.3) is 43.8 Å². The molecule has 10 rings (SSSR count). The molecule has 0 aliphatic heterocycles. The van der Waals surface area contributed by atoms with E-state index in [2.05, 4.69) is 135 Å². The summed E-state index contributed by atoms with van der Waals surface area (Å²) in [6.45, 7) is 4.58. The first-order valence-corrected chi connectivity index (χ1v) is 16.5. The summed E-state index contributed by atoms with van der Waals surface area (Å²) in [6.07, 6.45) is 4.78. The maximum absolute atomic E-state index is 2.54. The molecule has 0 saturated heterocycles. The van der Waals surface area contributed by atoms with Crippen molar-refractivity contribution in [3.05, 3.63) is 177 Å². The van der Waals surface area contributed by atoms with Crippen molar-refractivity contribution < 1.29 is 0 Å². The largest absolute Gasteiger partial charge is 0.0713 e.